The molecule has 0 aromatic carbocycles. The Balaban J connectivity index is 1.05. The Morgan fingerprint density at radius 2 is 1.34 bits per heavy atom. The molecule has 5 fully saturated rings. The van der Waals surface area contributed by atoms with E-state index in [4.69, 9.17) is 37.9 Å². The number of aliphatic hydroxyl groups is 9. The quantitative estimate of drug-likeness (QED) is 0.0910. The lowest BCUT2D eigenvalue weighted by Gasteiger charge is -2.60. The zero-order valence-corrected chi connectivity index (χ0v) is 45.9. The summed E-state index contributed by atoms with van der Waals surface area (Å²) in [6, 6.07) is -2.87. The average Bonchev–Trinajstić information content (AvgIpc) is 3.83. The fraction of sp³-hybridized carbons (Fsp3) is 0.836. The Hall–Kier alpha value is -2.85. The lowest BCUT2D eigenvalue weighted by molar-refractivity contribution is -0.371. The molecule has 8 aliphatic rings. The molecule has 436 valence electrons. The van der Waals surface area contributed by atoms with E-state index < -0.39 is 147 Å². The SMILES string of the molecule is CC(=O)NC1C(O)[C@H](O)C(CO[C@@H]2OC[C@@H](O)C(O)C2O)O[C@H]1OC1C(O)[C@H](O[C@@H]2OC(CO)[C@H](O)C(O)C2NC(C)=O)CO[C@H]1O[C@H]1CC[C@]2(C)C3=C(CC[C@H]2C1(C)C)C1=CC[C@H]([C@H](C)CC(=O)C=C(C)C)[C@@]1(C)CC3. The van der Waals surface area contributed by atoms with Crippen molar-refractivity contribution in [1.82, 2.24) is 10.6 Å². The molecule has 22 nitrogen and oxygen atoms in total. The van der Waals surface area contributed by atoms with Gasteiger partial charge in [-0.1, -0.05) is 51.8 Å². The van der Waals surface area contributed by atoms with Gasteiger partial charge < -0.3 is 94.5 Å². The number of ether oxygens (including phenoxy) is 8. The van der Waals surface area contributed by atoms with Crippen LogP contribution >= 0.6 is 0 Å². The van der Waals surface area contributed by atoms with Gasteiger partial charge in [0.2, 0.25) is 11.8 Å². The number of amides is 2. The fourth-order valence-corrected chi connectivity index (χ4v) is 14.5. The van der Waals surface area contributed by atoms with Crippen LogP contribution in [-0.2, 0) is 52.3 Å². The van der Waals surface area contributed by atoms with E-state index in [-0.39, 0.29) is 41.7 Å². The number of carbonyl (C=O) groups is 3. The van der Waals surface area contributed by atoms with Crippen molar-refractivity contribution >= 4 is 17.6 Å². The third kappa shape index (κ3) is 11.9. The van der Waals surface area contributed by atoms with Crippen molar-refractivity contribution in [2.75, 3.05) is 26.4 Å². The van der Waals surface area contributed by atoms with E-state index in [0.717, 1.165) is 44.1 Å². The summed E-state index contributed by atoms with van der Waals surface area (Å²) in [6.07, 6.45) is -14.9. The van der Waals surface area contributed by atoms with Crippen LogP contribution < -0.4 is 10.6 Å². The monoisotopic (exact) mass is 1090 g/mol. The van der Waals surface area contributed by atoms with Crippen LogP contribution in [0.2, 0.25) is 0 Å². The summed E-state index contributed by atoms with van der Waals surface area (Å²) in [6.45, 7) is 15.6. The van der Waals surface area contributed by atoms with E-state index in [1.165, 1.54) is 30.6 Å². The summed E-state index contributed by atoms with van der Waals surface area (Å²) in [5.41, 5.74) is 4.69. The maximum absolute atomic E-state index is 12.9. The highest BCUT2D eigenvalue weighted by atomic mass is 16.8. The molecule has 77 heavy (non-hydrogen) atoms. The molecule has 2 amide bonds. The van der Waals surface area contributed by atoms with E-state index in [1.807, 2.05) is 13.8 Å². The van der Waals surface area contributed by atoms with Crippen LogP contribution in [0.4, 0.5) is 0 Å². The van der Waals surface area contributed by atoms with Crippen molar-refractivity contribution in [3.05, 3.63) is 34.4 Å². The number of fused-ring (bicyclic) bond motifs is 4. The molecule has 0 aromatic rings. The molecule has 4 aliphatic carbocycles. The first-order valence-electron chi connectivity index (χ1n) is 27.5. The van der Waals surface area contributed by atoms with Gasteiger partial charge in [0.1, 0.15) is 85.3 Å². The normalized spacial score (nSPS) is 45.2. The molecule has 4 aliphatic heterocycles. The van der Waals surface area contributed by atoms with Crippen molar-refractivity contribution in [1.29, 1.82) is 0 Å². The summed E-state index contributed by atoms with van der Waals surface area (Å²) >= 11 is 0. The molecular weight excluding hydrogens is 1010 g/mol. The van der Waals surface area contributed by atoms with Gasteiger partial charge in [0.05, 0.1) is 32.5 Å². The topological polar surface area (TPSA) is 331 Å². The van der Waals surface area contributed by atoms with Crippen LogP contribution in [0.15, 0.2) is 34.4 Å². The van der Waals surface area contributed by atoms with Crippen molar-refractivity contribution in [2.24, 2.45) is 34.0 Å². The highest BCUT2D eigenvalue weighted by Gasteiger charge is 2.60. The van der Waals surface area contributed by atoms with Gasteiger partial charge in [-0.05, 0) is 110 Å². The molecule has 11 N–H and O–H groups in total. The largest absolute Gasteiger partial charge is 0.394 e. The minimum absolute atomic E-state index is 0.0314. The molecular formula is C55H86N2O20. The van der Waals surface area contributed by atoms with Gasteiger partial charge >= 0.3 is 0 Å². The molecule has 22 heteroatoms. The third-order valence-corrected chi connectivity index (χ3v) is 18.6. The van der Waals surface area contributed by atoms with Crippen LogP contribution in [0.5, 0.6) is 0 Å². The van der Waals surface area contributed by atoms with Gasteiger partial charge in [0.25, 0.3) is 0 Å². The van der Waals surface area contributed by atoms with E-state index in [2.05, 4.69) is 51.3 Å². The predicted octanol–water partition coefficient (Wildman–Crippen LogP) is 0.0507. The lowest BCUT2D eigenvalue weighted by Crippen LogP contribution is -2.68. The number of aliphatic hydroxyl groups excluding tert-OH is 9. The maximum Gasteiger partial charge on any atom is 0.217 e. The van der Waals surface area contributed by atoms with E-state index >= 15 is 0 Å². The first-order valence-corrected chi connectivity index (χ1v) is 27.5. The molecule has 0 radical (unpaired) electrons. The minimum Gasteiger partial charge on any atom is -0.394 e. The zero-order valence-electron chi connectivity index (χ0n) is 45.9. The van der Waals surface area contributed by atoms with Crippen molar-refractivity contribution in [3.63, 3.8) is 0 Å². The highest BCUT2D eigenvalue weighted by Crippen LogP contribution is 2.67. The van der Waals surface area contributed by atoms with Gasteiger partial charge in [0.15, 0.2) is 30.9 Å². The number of nitrogens with one attached hydrogen (secondary N) is 2. The van der Waals surface area contributed by atoms with Gasteiger partial charge in [-0.3, -0.25) is 14.4 Å². The van der Waals surface area contributed by atoms with E-state index in [1.54, 1.807) is 6.08 Å². The zero-order chi connectivity index (χ0) is 56.2. The van der Waals surface area contributed by atoms with Gasteiger partial charge in [0, 0.05) is 20.3 Å². The summed E-state index contributed by atoms with van der Waals surface area (Å²) in [4.78, 5) is 38.0. The lowest BCUT2D eigenvalue weighted by atomic mass is 9.46. The smallest absolute Gasteiger partial charge is 0.217 e. The Labute approximate surface area is 450 Å². The van der Waals surface area contributed by atoms with Crippen LogP contribution in [0.1, 0.15) is 114 Å². The standard InChI is InChI=1S/C55H86N2O20/c1-24(2)18-28(61)19-25(3)30-11-12-31-29-10-13-37-53(6,7)38(15-17-55(37,9)32(29)14-16-54(30,31)8)76-52-48(44(66)36(23-72-52)75-49-39(56-26(4)59)45(67)42(64)34(20-58)73-49)77-50-40(57-27(5)60)46(68)43(65)35(74-50)22-71-51-47(69)41(63)33(62)21-70-51/h12,18,25,30,33-52,58,62-69H,10-11,13-17,19-23H2,1-9H3,(H,56,59)(H,57,60)/t25-,30-,33-,34?,35?,36-,37+,38+,39?,40?,41?,42+,43-,44?,45?,46?,47?,48?,49+,50+,51+,52+,54-,55-/m1/s1. The van der Waals surface area contributed by atoms with E-state index in [9.17, 15) is 60.3 Å². The second kappa shape index (κ2) is 23.9. The van der Waals surface area contributed by atoms with Crippen molar-refractivity contribution in [2.45, 2.75) is 230 Å². The van der Waals surface area contributed by atoms with Gasteiger partial charge in [-0.2, -0.15) is 0 Å². The van der Waals surface area contributed by atoms with Crippen LogP contribution in [0.3, 0.4) is 0 Å². The van der Waals surface area contributed by atoms with Crippen molar-refractivity contribution < 1.29 is 98.2 Å². The molecule has 0 bridgehead atoms. The highest BCUT2D eigenvalue weighted by molar-refractivity contribution is 5.90. The Morgan fingerprint density at radius 1 is 0.714 bits per heavy atom. The summed E-state index contributed by atoms with van der Waals surface area (Å²) in [7, 11) is 0. The molecule has 8 rings (SSSR count). The van der Waals surface area contributed by atoms with Gasteiger partial charge in [-0.25, -0.2) is 0 Å². The summed E-state index contributed by atoms with van der Waals surface area (Å²) in [5.74, 6) is -0.339. The van der Waals surface area contributed by atoms with E-state index in [0.29, 0.717) is 18.8 Å². The number of carbonyl (C=O) groups excluding carboxylic acids is 3. The number of hydrogen-bond acceptors (Lipinski definition) is 20. The van der Waals surface area contributed by atoms with Crippen molar-refractivity contribution in [3.8, 4) is 0 Å². The van der Waals surface area contributed by atoms with Crippen LogP contribution in [0.25, 0.3) is 0 Å². The first kappa shape index (κ1) is 60.3. The molecule has 1 saturated carbocycles. The molecule has 10 unspecified atom stereocenters. The average molecular weight is 1100 g/mol. The fourth-order valence-electron chi connectivity index (χ4n) is 14.5. The Bertz CT molecular complexity index is 2220. The number of hydrogen-bond donors (Lipinski definition) is 11. The maximum atomic E-state index is 12.9. The number of rotatable bonds is 16. The summed E-state index contributed by atoms with van der Waals surface area (Å²) in [5, 5.41) is 103. The molecule has 4 heterocycles. The summed E-state index contributed by atoms with van der Waals surface area (Å²) < 4.78 is 49.5. The predicted molar refractivity (Wildman–Crippen MR) is 270 cm³/mol. The third-order valence-electron chi connectivity index (χ3n) is 18.6. The molecule has 4 saturated heterocycles. The van der Waals surface area contributed by atoms with Gasteiger partial charge in [-0.15, -0.1) is 0 Å². The first-order chi connectivity index (χ1) is 36.2. The Morgan fingerprint density at radius 3 is 1.97 bits per heavy atom. The number of ketones is 1. The van der Waals surface area contributed by atoms with Crippen LogP contribution in [0, 0.1) is 34.0 Å². The Kier molecular flexibility index (Phi) is 18.7. The molecule has 24 atom stereocenters. The van der Waals surface area contributed by atoms with Crippen LogP contribution in [-0.4, -0.2) is 207 Å². The minimum atomic E-state index is -1.79. The molecule has 0 spiro atoms. The second-order valence-corrected chi connectivity index (χ2v) is 24.4. The second-order valence-electron chi connectivity index (χ2n) is 24.4. The molecule has 0 aromatic heterocycles. The number of allylic oxidation sites excluding steroid dienone is 6.